The molecule has 28 heavy (non-hydrogen) atoms. The van der Waals surface area contributed by atoms with Crippen LogP contribution in [0.5, 0.6) is 0 Å². The Kier molecular flexibility index (Phi) is 7.10. The fourth-order valence-electron chi connectivity index (χ4n) is 4.37. The minimum atomic E-state index is -0.0841. The van der Waals surface area contributed by atoms with Crippen LogP contribution in [0.15, 0.2) is 18.2 Å². The van der Waals surface area contributed by atoms with Crippen molar-refractivity contribution in [2.75, 3.05) is 18.4 Å². The highest BCUT2D eigenvalue weighted by molar-refractivity contribution is 6.42. The van der Waals surface area contributed by atoms with Crippen molar-refractivity contribution in [1.29, 1.82) is 0 Å². The number of nitrogens with zero attached hydrogens (tertiary/aromatic N) is 2. The Morgan fingerprint density at radius 1 is 1.00 bits per heavy atom. The van der Waals surface area contributed by atoms with E-state index in [1.165, 1.54) is 0 Å². The molecule has 1 aliphatic heterocycles. The maximum Gasteiger partial charge on any atom is 0.322 e. The third kappa shape index (κ3) is 5.12. The maximum atomic E-state index is 13.3. The zero-order valence-corrected chi connectivity index (χ0v) is 18.1. The molecule has 2 fully saturated rings. The molecule has 5 nitrogen and oxygen atoms in total. The van der Waals surface area contributed by atoms with Gasteiger partial charge in [0.25, 0.3) is 0 Å². The van der Waals surface area contributed by atoms with Crippen LogP contribution in [0.1, 0.15) is 52.4 Å². The van der Waals surface area contributed by atoms with E-state index in [4.69, 9.17) is 23.2 Å². The average molecular weight is 426 g/mol. The fourth-order valence-corrected chi connectivity index (χ4v) is 4.67. The number of anilines is 1. The molecule has 2 aliphatic rings. The molecule has 1 aromatic rings. The first-order chi connectivity index (χ1) is 13.3. The Morgan fingerprint density at radius 2 is 1.61 bits per heavy atom. The van der Waals surface area contributed by atoms with Crippen LogP contribution in [-0.2, 0) is 4.79 Å². The van der Waals surface area contributed by atoms with Crippen molar-refractivity contribution in [2.24, 2.45) is 5.92 Å². The van der Waals surface area contributed by atoms with Gasteiger partial charge < -0.3 is 15.1 Å². The lowest BCUT2D eigenvalue weighted by Gasteiger charge is -2.44. The first-order valence-electron chi connectivity index (χ1n) is 10.1. The second-order valence-corrected chi connectivity index (χ2v) is 8.93. The second kappa shape index (κ2) is 9.36. The lowest BCUT2D eigenvalue weighted by atomic mass is 9.85. The number of carbonyl (C=O) groups is 2. The average Bonchev–Trinajstić information content (AvgIpc) is 2.67. The Bertz CT molecular complexity index is 712. The van der Waals surface area contributed by atoms with E-state index in [0.29, 0.717) is 28.8 Å². The summed E-state index contributed by atoms with van der Waals surface area (Å²) >= 11 is 12.1. The van der Waals surface area contributed by atoms with E-state index < -0.39 is 0 Å². The molecule has 0 bridgehead atoms. The van der Waals surface area contributed by atoms with Crippen molar-refractivity contribution in [3.05, 3.63) is 28.2 Å². The molecule has 0 unspecified atom stereocenters. The molecule has 0 spiro atoms. The van der Waals surface area contributed by atoms with Gasteiger partial charge in [-0.1, -0.05) is 30.1 Å². The van der Waals surface area contributed by atoms with E-state index in [2.05, 4.69) is 12.2 Å². The Balaban J connectivity index is 1.74. The van der Waals surface area contributed by atoms with Crippen molar-refractivity contribution < 1.29 is 9.59 Å². The molecular formula is C21H29Cl2N3O2. The molecule has 1 saturated heterocycles. The van der Waals surface area contributed by atoms with Gasteiger partial charge in [0.2, 0.25) is 5.91 Å². The highest BCUT2D eigenvalue weighted by atomic mass is 35.5. The summed E-state index contributed by atoms with van der Waals surface area (Å²) in [7, 11) is 0. The van der Waals surface area contributed by atoms with Gasteiger partial charge in [0.1, 0.15) is 0 Å². The lowest BCUT2D eigenvalue weighted by molar-refractivity contribution is -0.130. The van der Waals surface area contributed by atoms with Crippen molar-refractivity contribution in [3.8, 4) is 0 Å². The highest BCUT2D eigenvalue weighted by Gasteiger charge is 2.35. The van der Waals surface area contributed by atoms with Gasteiger partial charge in [0, 0.05) is 37.8 Å². The van der Waals surface area contributed by atoms with Gasteiger partial charge in [0.15, 0.2) is 0 Å². The number of nitrogens with one attached hydrogen (secondary N) is 1. The van der Waals surface area contributed by atoms with Gasteiger partial charge in [-0.2, -0.15) is 0 Å². The summed E-state index contributed by atoms with van der Waals surface area (Å²) in [5, 5.41) is 3.90. The summed E-state index contributed by atoms with van der Waals surface area (Å²) in [6.45, 7) is 5.30. The van der Waals surface area contributed by atoms with Gasteiger partial charge in [-0.05, 0) is 62.6 Å². The summed E-state index contributed by atoms with van der Waals surface area (Å²) in [4.78, 5) is 28.8. The molecule has 0 atom stereocenters. The minimum absolute atomic E-state index is 0.0841. The fraction of sp³-hybridized carbons (Fsp3) is 0.619. The van der Waals surface area contributed by atoms with Crippen LogP contribution in [0.4, 0.5) is 10.5 Å². The predicted octanol–water partition coefficient (Wildman–Crippen LogP) is 5.42. The van der Waals surface area contributed by atoms with E-state index in [-0.39, 0.29) is 24.0 Å². The van der Waals surface area contributed by atoms with Crippen molar-refractivity contribution in [3.63, 3.8) is 0 Å². The van der Waals surface area contributed by atoms with Crippen LogP contribution < -0.4 is 5.32 Å². The van der Waals surface area contributed by atoms with Gasteiger partial charge in [0.05, 0.1) is 10.0 Å². The van der Waals surface area contributed by atoms with Gasteiger partial charge >= 0.3 is 6.03 Å². The number of likely N-dealkylation sites (tertiary alicyclic amines) is 1. The Labute approximate surface area is 177 Å². The monoisotopic (exact) mass is 425 g/mol. The molecule has 3 rings (SSSR count). The van der Waals surface area contributed by atoms with E-state index in [1.54, 1.807) is 25.1 Å². The zero-order chi connectivity index (χ0) is 20.3. The van der Waals surface area contributed by atoms with Crippen molar-refractivity contribution in [1.82, 2.24) is 9.80 Å². The molecule has 1 aromatic carbocycles. The van der Waals surface area contributed by atoms with Crippen LogP contribution in [0.2, 0.25) is 10.0 Å². The number of hydrogen-bond donors (Lipinski definition) is 1. The van der Waals surface area contributed by atoms with Crippen LogP contribution in [-0.4, -0.2) is 46.9 Å². The van der Waals surface area contributed by atoms with E-state index >= 15 is 0 Å². The molecule has 154 valence electrons. The number of halogens is 2. The lowest BCUT2D eigenvalue weighted by Crippen LogP contribution is -2.54. The molecule has 1 heterocycles. The van der Waals surface area contributed by atoms with Crippen molar-refractivity contribution in [2.45, 2.75) is 64.5 Å². The topological polar surface area (TPSA) is 52.7 Å². The highest BCUT2D eigenvalue weighted by Crippen LogP contribution is 2.32. The molecule has 7 heteroatoms. The van der Waals surface area contributed by atoms with Crippen molar-refractivity contribution >= 4 is 40.8 Å². The van der Waals surface area contributed by atoms with Gasteiger partial charge in [-0.25, -0.2) is 4.79 Å². The summed E-state index contributed by atoms with van der Waals surface area (Å²) in [5.41, 5.74) is 0.648. The first-order valence-corrected chi connectivity index (χ1v) is 10.9. The molecule has 0 aromatic heterocycles. The molecule has 1 N–H and O–H groups in total. The smallest absolute Gasteiger partial charge is 0.322 e. The molecule has 1 aliphatic carbocycles. The summed E-state index contributed by atoms with van der Waals surface area (Å²) < 4.78 is 0. The largest absolute Gasteiger partial charge is 0.343 e. The summed E-state index contributed by atoms with van der Waals surface area (Å²) in [6.07, 6.45) is 5.99. The summed E-state index contributed by atoms with van der Waals surface area (Å²) in [5.74, 6) is 0.826. The normalized spacial score (nSPS) is 23.4. The number of amides is 3. The SMILES string of the molecule is CC(=O)N1CCC(N(C(=O)Nc2ccc(Cl)c(Cl)c2)C2CCC(C)CC2)CC1. The molecule has 1 saturated carbocycles. The second-order valence-electron chi connectivity index (χ2n) is 8.12. The van der Waals surface area contributed by atoms with Gasteiger partial charge in [-0.3, -0.25) is 4.79 Å². The number of benzene rings is 1. The molecule has 0 radical (unpaired) electrons. The number of rotatable bonds is 3. The number of carbonyl (C=O) groups excluding carboxylic acids is 2. The van der Waals surface area contributed by atoms with E-state index in [9.17, 15) is 9.59 Å². The third-order valence-corrected chi connectivity index (χ3v) is 6.83. The van der Waals surface area contributed by atoms with E-state index in [0.717, 1.165) is 44.4 Å². The van der Waals surface area contributed by atoms with Crippen LogP contribution in [0.25, 0.3) is 0 Å². The Morgan fingerprint density at radius 3 is 2.18 bits per heavy atom. The number of urea groups is 1. The zero-order valence-electron chi connectivity index (χ0n) is 16.6. The summed E-state index contributed by atoms with van der Waals surface area (Å²) in [6, 6.07) is 5.45. The van der Waals surface area contributed by atoms with Crippen LogP contribution in [0.3, 0.4) is 0 Å². The molecular weight excluding hydrogens is 397 g/mol. The van der Waals surface area contributed by atoms with Gasteiger partial charge in [-0.15, -0.1) is 0 Å². The van der Waals surface area contributed by atoms with Crippen LogP contribution >= 0.6 is 23.2 Å². The molecule has 3 amide bonds. The standard InChI is InChI=1S/C21H29Cl2N3O2/c1-14-3-6-17(7-4-14)26(18-9-11-25(12-10-18)15(2)27)21(28)24-16-5-8-19(22)20(23)13-16/h5,8,13-14,17-18H,3-4,6-7,9-12H2,1-2H3,(H,24,28). The third-order valence-electron chi connectivity index (χ3n) is 6.09. The predicted molar refractivity (Wildman–Crippen MR) is 114 cm³/mol. The number of piperidine rings is 1. The maximum absolute atomic E-state index is 13.3. The van der Waals surface area contributed by atoms with E-state index in [1.807, 2.05) is 9.80 Å². The minimum Gasteiger partial charge on any atom is -0.343 e. The van der Waals surface area contributed by atoms with Crippen LogP contribution in [0, 0.1) is 5.92 Å². The quantitative estimate of drug-likeness (QED) is 0.702. The Hall–Kier alpha value is -1.46. The number of hydrogen-bond acceptors (Lipinski definition) is 2. The first kappa shape index (κ1) is 21.3.